The lowest BCUT2D eigenvalue weighted by Gasteiger charge is -2.42. The van der Waals surface area contributed by atoms with Crippen LogP contribution in [0.15, 0.2) is 18.2 Å². The maximum Gasteiger partial charge on any atom is 0.328 e. The van der Waals surface area contributed by atoms with Crippen LogP contribution in [0.5, 0.6) is 5.75 Å². The number of carboxylic acid groups (broad SMARTS) is 1. The minimum Gasteiger partial charge on any atom is -0.487 e. The molecule has 1 N–H and O–H groups in total. The van der Waals surface area contributed by atoms with Crippen molar-refractivity contribution in [3.05, 3.63) is 23.8 Å². The number of anilines is 1. The fourth-order valence-corrected chi connectivity index (χ4v) is 2.19. The summed E-state index contributed by atoms with van der Waals surface area (Å²) in [6.45, 7) is 7.96. The molecule has 1 unspecified atom stereocenters. The monoisotopic (exact) mass is 249 g/mol. The molecule has 2 rings (SSSR count). The maximum absolute atomic E-state index is 11.4. The number of aryl methyl sites for hydroxylation is 1. The van der Waals surface area contributed by atoms with Crippen molar-refractivity contribution in [2.45, 2.75) is 39.3 Å². The van der Waals surface area contributed by atoms with E-state index >= 15 is 0 Å². The minimum absolute atomic E-state index is 0.0150. The van der Waals surface area contributed by atoms with Crippen LogP contribution in [-0.4, -0.2) is 29.3 Å². The molecular weight excluding hydrogens is 230 g/mol. The number of carboxylic acids is 1. The second-order valence-corrected chi connectivity index (χ2v) is 5.37. The molecular formula is C14H19NO3. The zero-order valence-electron chi connectivity index (χ0n) is 11.2. The van der Waals surface area contributed by atoms with E-state index in [2.05, 4.69) is 0 Å². The van der Waals surface area contributed by atoms with Crippen LogP contribution >= 0.6 is 0 Å². The summed E-state index contributed by atoms with van der Waals surface area (Å²) in [5, 5.41) is 9.39. The molecule has 1 heterocycles. The van der Waals surface area contributed by atoms with Crippen LogP contribution in [0.4, 0.5) is 5.69 Å². The van der Waals surface area contributed by atoms with E-state index in [9.17, 15) is 9.90 Å². The molecule has 18 heavy (non-hydrogen) atoms. The van der Waals surface area contributed by atoms with E-state index in [0.717, 1.165) is 17.0 Å². The highest BCUT2D eigenvalue weighted by Crippen LogP contribution is 2.38. The first-order valence-corrected chi connectivity index (χ1v) is 6.10. The molecule has 0 radical (unpaired) electrons. The first-order chi connectivity index (χ1) is 8.32. The van der Waals surface area contributed by atoms with Gasteiger partial charge in [0, 0.05) is 0 Å². The van der Waals surface area contributed by atoms with Crippen LogP contribution in [0.1, 0.15) is 26.3 Å². The Balaban J connectivity index is 2.51. The fourth-order valence-electron chi connectivity index (χ4n) is 2.19. The van der Waals surface area contributed by atoms with Crippen LogP contribution in [0.2, 0.25) is 0 Å². The molecule has 1 aromatic carbocycles. The van der Waals surface area contributed by atoms with Crippen molar-refractivity contribution in [1.29, 1.82) is 0 Å². The quantitative estimate of drug-likeness (QED) is 0.874. The SMILES string of the molecule is Cc1ccc2c(c1)N(C(C)(C)C(=O)O)CC(C)O2. The predicted molar refractivity (Wildman–Crippen MR) is 70.3 cm³/mol. The Kier molecular flexibility index (Phi) is 2.97. The molecule has 98 valence electrons. The third-order valence-electron chi connectivity index (χ3n) is 3.37. The molecule has 0 aromatic heterocycles. The predicted octanol–water partition coefficient (Wildman–Crippen LogP) is 2.45. The Morgan fingerprint density at radius 3 is 2.78 bits per heavy atom. The van der Waals surface area contributed by atoms with E-state index in [4.69, 9.17) is 4.74 Å². The van der Waals surface area contributed by atoms with Gasteiger partial charge in [0.05, 0.1) is 12.2 Å². The summed E-state index contributed by atoms with van der Waals surface area (Å²) in [5.74, 6) is -0.0715. The molecule has 1 atom stereocenters. The average Bonchev–Trinajstić information content (AvgIpc) is 2.28. The molecule has 0 fully saturated rings. The number of ether oxygens (including phenoxy) is 1. The molecule has 0 saturated carbocycles. The van der Waals surface area contributed by atoms with E-state index in [1.165, 1.54) is 0 Å². The molecule has 1 aromatic rings. The van der Waals surface area contributed by atoms with Gasteiger partial charge in [-0.25, -0.2) is 4.79 Å². The normalized spacial score (nSPS) is 19.1. The minimum atomic E-state index is -0.944. The Labute approximate surface area is 107 Å². The van der Waals surface area contributed by atoms with Crippen LogP contribution in [0, 0.1) is 6.92 Å². The van der Waals surface area contributed by atoms with Gasteiger partial charge in [-0.15, -0.1) is 0 Å². The molecule has 0 bridgehead atoms. The van der Waals surface area contributed by atoms with Gasteiger partial charge < -0.3 is 14.7 Å². The van der Waals surface area contributed by atoms with Crippen molar-refractivity contribution in [3.8, 4) is 5.75 Å². The molecule has 0 saturated heterocycles. The first kappa shape index (κ1) is 12.7. The number of rotatable bonds is 2. The van der Waals surface area contributed by atoms with E-state index in [0.29, 0.717) is 6.54 Å². The molecule has 1 aliphatic heterocycles. The zero-order valence-corrected chi connectivity index (χ0v) is 11.2. The average molecular weight is 249 g/mol. The number of carbonyl (C=O) groups is 1. The van der Waals surface area contributed by atoms with Crippen molar-refractivity contribution in [2.24, 2.45) is 0 Å². The van der Waals surface area contributed by atoms with Crippen molar-refractivity contribution < 1.29 is 14.6 Å². The number of hydrogen-bond donors (Lipinski definition) is 1. The summed E-state index contributed by atoms with van der Waals surface area (Å²) in [7, 11) is 0. The van der Waals surface area contributed by atoms with Gasteiger partial charge in [-0.2, -0.15) is 0 Å². The largest absolute Gasteiger partial charge is 0.487 e. The van der Waals surface area contributed by atoms with Crippen LogP contribution < -0.4 is 9.64 Å². The lowest BCUT2D eigenvalue weighted by molar-refractivity contribution is -0.142. The van der Waals surface area contributed by atoms with Gasteiger partial charge in [0.25, 0.3) is 0 Å². The summed E-state index contributed by atoms with van der Waals surface area (Å²) < 4.78 is 5.76. The second-order valence-electron chi connectivity index (χ2n) is 5.37. The van der Waals surface area contributed by atoms with Gasteiger partial charge in [-0.1, -0.05) is 6.07 Å². The molecule has 0 aliphatic carbocycles. The lowest BCUT2D eigenvalue weighted by atomic mass is 9.99. The highest BCUT2D eigenvalue weighted by molar-refractivity contribution is 5.84. The zero-order chi connectivity index (χ0) is 13.5. The number of aliphatic carboxylic acids is 1. The number of nitrogens with zero attached hydrogens (tertiary/aromatic N) is 1. The van der Waals surface area contributed by atoms with Crippen LogP contribution in [0.25, 0.3) is 0 Å². The van der Waals surface area contributed by atoms with Gasteiger partial charge in [-0.3, -0.25) is 0 Å². The Hall–Kier alpha value is -1.71. The van der Waals surface area contributed by atoms with E-state index in [1.54, 1.807) is 13.8 Å². The van der Waals surface area contributed by atoms with Gasteiger partial charge in [0.15, 0.2) is 0 Å². The molecule has 0 spiro atoms. The Morgan fingerprint density at radius 1 is 1.50 bits per heavy atom. The fraction of sp³-hybridized carbons (Fsp3) is 0.500. The summed E-state index contributed by atoms with van der Waals surface area (Å²) in [5.41, 5.74) is 1.01. The molecule has 1 aliphatic rings. The summed E-state index contributed by atoms with van der Waals surface area (Å²) in [6, 6.07) is 5.86. The van der Waals surface area contributed by atoms with Crippen molar-refractivity contribution in [2.75, 3.05) is 11.4 Å². The second kappa shape index (κ2) is 4.19. The highest BCUT2D eigenvalue weighted by atomic mass is 16.5. The van der Waals surface area contributed by atoms with Crippen molar-refractivity contribution >= 4 is 11.7 Å². The van der Waals surface area contributed by atoms with Gasteiger partial charge >= 0.3 is 5.97 Å². The smallest absolute Gasteiger partial charge is 0.328 e. The molecule has 4 nitrogen and oxygen atoms in total. The topological polar surface area (TPSA) is 49.8 Å². The summed E-state index contributed by atoms with van der Waals surface area (Å²) in [6.07, 6.45) is -0.0150. The van der Waals surface area contributed by atoms with Gasteiger partial charge in [0.2, 0.25) is 0 Å². The third-order valence-corrected chi connectivity index (χ3v) is 3.37. The molecule has 4 heteroatoms. The molecule has 0 amide bonds. The van der Waals surface area contributed by atoms with E-state index in [1.807, 2.05) is 36.9 Å². The Bertz CT molecular complexity index is 482. The highest BCUT2D eigenvalue weighted by Gasteiger charge is 2.39. The van der Waals surface area contributed by atoms with Crippen LogP contribution in [-0.2, 0) is 4.79 Å². The summed E-state index contributed by atoms with van der Waals surface area (Å²) in [4.78, 5) is 13.3. The van der Waals surface area contributed by atoms with Gasteiger partial charge in [0.1, 0.15) is 17.4 Å². The number of hydrogen-bond acceptors (Lipinski definition) is 3. The number of benzene rings is 1. The lowest BCUT2D eigenvalue weighted by Crippen LogP contribution is -2.55. The van der Waals surface area contributed by atoms with Crippen LogP contribution in [0.3, 0.4) is 0 Å². The maximum atomic E-state index is 11.4. The van der Waals surface area contributed by atoms with E-state index < -0.39 is 11.5 Å². The number of fused-ring (bicyclic) bond motifs is 1. The standard InChI is InChI=1S/C14H19NO3/c1-9-5-6-12-11(7-9)15(8-10(2)18-12)14(3,4)13(16)17/h5-7,10H,8H2,1-4H3,(H,16,17). The Morgan fingerprint density at radius 2 is 2.17 bits per heavy atom. The first-order valence-electron chi connectivity index (χ1n) is 6.10. The van der Waals surface area contributed by atoms with E-state index in [-0.39, 0.29) is 6.10 Å². The van der Waals surface area contributed by atoms with Gasteiger partial charge in [-0.05, 0) is 45.4 Å². The third kappa shape index (κ3) is 2.03. The summed E-state index contributed by atoms with van der Waals surface area (Å²) >= 11 is 0. The van der Waals surface area contributed by atoms with Crippen molar-refractivity contribution in [1.82, 2.24) is 0 Å². The van der Waals surface area contributed by atoms with Crippen molar-refractivity contribution in [3.63, 3.8) is 0 Å².